The molecule has 3 aromatic rings. The van der Waals surface area contributed by atoms with Crippen LogP contribution in [0.25, 0.3) is 11.3 Å². The van der Waals surface area contributed by atoms with Crippen molar-refractivity contribution in [3.63, 3.8) is 0 Å². The van der Waals surface area contributed by atoms with Crippen LogP contribution in [0.2, 0.25) is 0 Å². The Hall–Kier alpha value is -3.15. The Kier molecular flexibility index (Phi) is 4.56. The third-order valence-electron chi connectivity index (χ3n) is 3.47. The van der Waals surface area contributed by atoms with E-state index in [0.29, 0.717) is 17.9 Å². The fourth-order valence-corrected chi connectivity index (χ4v) is 2.22. The van der Waals surface area contributed by atoms with Crippen molar-refractivity contribution in [2.45, 2.75) is 13.8 Å². The van der Waals surface area contributed by atoms with Gasteiger partial charge in [-0.3, -0.25) is 4.79 Å². The van der Waals surface area contributed by atoms with Crippen molar-refractivity contribution >= 4 is 11.7 Å². The van der Waals surface area contributed by atoms with Gasteiger partial charge in [0.2, 0.25) is 5.82 Å². The van der Waals surface area contributed by atoms with E-state index < -0.39 is 0 Å². The molecule has 0 atom stereocenters. The summed E-state index contributed by atoms with van der Waals surface area (Å²) in [5.41, 5.74) is 2.88. The van der Waals surface area contributed by atoms with E-state index in [9.17, 15) is 4.79 Å². The highest BCUT2D eigenvalue weighted by atomic mass is 16.6. The lowest BCUT2D eigenvalue weighted by Gasteiger charge is -2.05. The molecule has 0 saturated heterocycles. The molecule has 0 aliphatic carbocycles. The van der Waals surface area contributed by atoms with Crippen molar-refractivity contribution in [2.75, 3.05) is 11.9 Å². The molecule has 0 aliphatic rings. The molecule has 1 aromatic heterocycles. The van der Waals surface area contributed by atoms with Crippen molar-refractivity contribution in [1.82, 2.24) is 10.3 Å². The molecule has 0 radical (unpaired) electrons. The molecule has 122 valence electrons. The number of rotatable bonds is 5. The molecule has 2 aromatic carbocycles. The zero-order valence-electron chi connectivity index (χ0n) is 13.4. The van der Waals surface area contributed by atoms with Crippen molar-refractivity contribution in [3.8, 4) is 17.0 Å². The predicted molar refractivity (Wildman–Crippen MR) is 90.0 cm³/mol. The molecule has 6 nitrogen and oxygen atoms in total. The minimum Gasteiger partial charge on any atom is -0.494 e. The Balaban J connectivity index is 1.80. The third kappa shape index (κ3) is 3.43. The molecule has 0 fully saturated rings. The first kappa shape index (κ1) is 15.7. The van der Waals surface area contributed by atoms with Gasteiger partial charge in [-0.25, -0.2) is 4.63 Å². The zero-order chi connectivity index (χ0) is 16.9. The van der Waals surface area contributed by atoms with E-state index in [1.807, 2.05) is 50.2 Å². The van der Waals surface area contributed by atoms with Crippen LogP contribution in [-0.4, -0.2) is 22.8 Å². The maximum atomic E-state index is 12.3. The second kappa shape index (κ2) is 6.95. The normalized spacial score (nSPS) is 10.4. The number of amides is 1. The number of benzene rings is 2. The first-order chi connectivity index (χ1) is 11.7. The highest BCUT2D eigenvalue weighted by molar-refractivity contribution is 6.05. The minimum atomic E-state index is -0.266. The van der Waals surface area contributed by atoms with Crippen LogP contribution in [0.5, 0.6) is 5.75 Å². The van der Waals surface area contributed by atoms with Crippen LogP contribution in [0.15, 0.2) is 53.2 Å². The van der Waals surface area contributed by atoms with Crippen LogP contribution in [-0.2, 0) is 0 Å². The van der Waals surface area contributed by atoms with Crippen LogP contribution in [0.1, 0.15) is 22.8 Å². The van der Waals surface area contributed by atoms with E-state index >= 15 is 0 Å². The molecular formula is C18H17N3O3. The molecule has 0 spiro atoms. The zero-order valence-corrected chi connectivity index (χ0v) is 13.4. The van der Waals surface area contributed by atoms with E-state index in [1.54, 1.807) is 12.1 Å². The molecule has 24 heavy (non-hydrogen) atoms. The maximum Gasteiger partial charge on any atom is 0.256 e. The van der Waals surface area contributed by atoms with Gasteiger partial charge in [-0.05, 0) is 60.6 Å². The number of nitrogens with zero attached hydrogens (tertiary/aromatic N) is 2. The van der Waals surface area contributed by atoms with Crippen molar-refractivity contribution in [2.24, 2.45) is 0 Å². The summed E-state index contributed by atoms with van der Waals surface area (Å²) in [6.07, 6.45) is 0. The molecule has 3 rings (SSSR count). The van der Waals surface area contributed by atoms with Crippen molar-refractivity contribution in [1.29, 1.82) is 0 Å². The SMILES string of the molecule is CCOc1ccc(-c2nonc2NC(=O)c2ccc(C)cc2)cc1. The molecule has 0 saturated carbocycles. The number of ether oxygens (including phenoxy) is 1. The van der Waals surface area contributed by atoms with Crippen LogP contribution in [0, 0.1) is 6.92 Å². The molecule has 0 bridgehead atoms. The van der Waals surface area contributed by atoms with Gasteiger partial charge < -0.3 is 10.1 Å². The largest absolute Gasteiger partial charge is 0.494 e. The molecule has 1 amide bonds. The third-order valence-corrected chi connectivity index (χ3v) is 3.47. The highest BCUT2D eigenvalue weighted by Crippen LogP contribution is 2.26. The summed E-state index contributed by atoms with van der Waals surface area (Å²) in [7, 11) is 0. The van der Waals surface area contributed by atoms with Gasteiger partial charge in [0.25, 0.3) is 5.91 Å². The van der Waals surface area contributed by atoms with Crippen molar-refractivity contribution < 1.29 is 14.2 Å². The van der Waals surface area contributed by atoms with E-state index in [4.69, 9.17) is 9.37 Å². The number of anilines is 1. The van der Waals surface area contributed by atoms with Gasteiger partial charge in [0.05, 0.1) is 6.61 Å². The maximum absolute atomic E-state index is 12.3. The number of hydrogen-bond acceptors (Lipinski definition) is 5. The smallest absolute Gasteiger partial charge is 0.256 e. The lowest BCUT2D eigenvalue weighted by Crippen LogP contribution is -2.12. The Morgan fingerprint density at radius 3 is 2.46 bits per heavy atom. The number of hydrogen-bond donors (Lipinski definition) is 1. The van der Waals surface area contributed by atoms with E-state index in [2.05, 4.69) is 15.6 Å². The molecular weight excluding hydrogens is 306 g/mol. The van der Waals surface area contributed by atoms with Gasteiger partial charge >= 0.3 is 0 Å². The standard InChI is InChI=1S/C18H17N3O3/c1-3-23-15-10-8-13(9-11-15)16-17(21-24-20-16)19-18(22)14-6-4-12(2)5-7-14/h4-11H,3H2,1-2H3,(H,19,21,22). The summed E-state index contributed by atoms with van der Waals surface area (Å²) in [5, 5.41) is 10.4. The van der Waals surface area contributed by atoms with Gasteiger partial charge in [0, 0.05) is 11.1 Å². The van der Waals surface area contributed by atoms with Gasteiger partial charge in [-0.2, -0.15) is 0 Å². The van der Waals surface area contributed by atoms with Gasteiger partial charge in [-0.15, -0.1) is 0 Å². The topological polar surface area (TPSA) is 77.2 Å². The second-order valence-corrected chi connectivity index (χ2v) is 5.24. The first-order valence-corrected chi connectivity index (χ1v) is 7.61. The minimum absolute atomic E-state index is 0.266. The van der Waals surface area contributed by atoms with Gasteiger partial charge in [0.15, 0.2) is 5.69 Å². The summed E-state index contributed by atoms with van der Waals surface area (Å²) in [6, 6.07) is 14.6. The molecule has 1 N–H and O–H groups in total. The predicted octanol–water partition coefficient (Wildman–Crippen LogP) is 3.70. The Bertz CT molecular complexity index is 823. The van der Waals surface area contributed by atoms with Crippen LogP contribution in [0.3, 0.4) is 0 Å². The molecule has 0 aliphatic heterocycles. The van der Waals surface area contributed by atoms with Crippen LogP contribution in [0.4, 0.5) is 5.82 Å². The quantitative estimate of drug-likeness (QED) is 0.774. The fraction of sp³-hybridized carbons (Fsp3) is 0.167. The van der Waals surface area contributed by atoms with Crippen LogP contribution < -0.4 is 10.1 Å². The number of nitrogens with one attached hydrogen (secondary N) is 1. The summed E-state index contributed by atoms with van der Waals surface area (Å²) < 4.78 is 10.2. The Morgan fingerprint density at radius 1 is 1.08 bits per heavy atom. The van der Waals surface area contributed by atoms with E-state index in [-0.39, 0.29) is 11.7 Å². The number of carbonyl (C=O) groups excluding carboxylic acids is 1. The summed E-state index contributed by atoms with van der Waals surface area (Å²) in [6.45, 7) is 4.49. The second-order valence-electron chi connectivity index (χ2n) is 5.24. The molecule has 6 heteroatoms. The molecule has 0 unspecified atom stereocenters. The summed E-state index contributed by atoms with van der Waals surface area (Å²) in [4.78, 5) is 12.3. The Morgan fingerprint density at radius 2 is 1.79 bits per heavy atom. The molecule has 1 heterocycles. The first-order valence-electron chi connectivity index (χ1n) is 7.61. The number of carbonyl (C=O) groups is 1. The van der Waals surface area contributed by atoms with E-state index in [0.717, 1.165) is 16.9 Å². The van der Waals surface area contributed by atoms with Crippen LogP contribution >= 0.6 is 0 Å². The summed E-state index contributed by atoms with van der Waals surface area (Å²) in [5.74, 6) is 0.783. The number of aromatic nitrogens is 2. The average molecular weight is 323 g/mol. The van der Waals surface area contributed by atoms with Crippen molar-refractivity contribution in [3.05, 3.63) is 59.7 Å². The van der Waals surface area contributed by atoms with Gasteiger partial charge in [-0.1, -0.05) is 17.7 Å². The lowest BCUT2D eigenvalue weighted by molar-refractivity contribution is 0.102. The van der Waals surface area contributed by atoms with Gasteiger partial charge in [0.1, 0.15) is 5.75 Å². The monoisotopic (exact) mass is 323 g/mol. The lowest BCUT2D eigenvalue weighted by atomic mass is 10.1. The summed E-state index contributed by atoms with van der Waals surface area (Å²) >= 11 is 0. The highest BCUT2D eigenvalue weighted by Gasteiger charge is 2.16. The van der Waals surface area contributed by atoms with E-state index in [1.165, 1.54) is 0 Å². The Labute approximate surface area is 139 Å². The fourth-order valence-electron chi connectivity index (χ4n) is 2.22. The average Bonchev–Trinajstić information content (AvgIpc) is 3.04. The number of aryl methyl sites for hydroxylation is 1.